The second kappa shape index (κ2) is 13.2. The number of hydrogen-bond acceptors (Lipinski definition) is 6. The number of carbonyl (C=O) groups excluding carboxylic acids is 2. The third kappa shape index (κ3) is 6.28. The molecule has 10 heteroatoms. The van der Waals surface area contributed by atoms with E-state index in [0.29, 0.717) is 42.1 Å². The highest BCUT2D eigenvalue weighted by Gasteiger charge is 2.52. The zero-order valence-corrected chi connectivity index (χ0v) is 24.7. The normalized spacial score (nSPS) is 20.2. The van der Waals surface area contributed by atoms with Crippen molar-refractivity contribution in [3.63, 3.8) is 0 Å². The fourth-order valence-corrected chi connectivity index (χ4v) is 5.97. The molecule has 1 fully saturated rings. The average Bonchev–Trinajstić information content (AvgIpc) is 3.51. The maximum Gasteiger partial charge on any atom is 0.264 e. The lowest BCUT2D eigenvalue weighted by molar-refractivity contribution is -0.139. The number of aliphatic hydroxyl groups is 2. The summed E-state index contributed by atoms with van der Waals surface area (Å²) in [7, 11) is 0. The molecule has 2 aromatic carbocycles. The Kier molecular flexibility index (Phi) is 9.40. The van der Waals surface area contributed by atoms with E-state index in [0.717, 1.165) is 49.2 Å². The highest BCUT2D eigenvalue weighted by molar-refractivity contribution is 6.31. The van der Waals surface area contributed by atoms with Crippen molar-refractivity contribution in [3.05, 3.63) is 82.7 Å². The van der Waals surface area contributed by atoms with Crippen LogP contribution in [0.1, 0.15) is 62.3 Å². The Hall–Kier alpha value is -3.53. The van der Waals surface area contributed by atoms with Crippen molar-refractivity contribution in [1.29, 1.82) is 0 Å². The lowest BCUT2D eigenvalue weighted by atomic mass is 9.83. The van der Waals surface area contributed by atoms with Gasteiger partial charge in [0.2, 0.25) is 5.91 Å². The van der Waals surface area contributed by atoms with Crippen LogP contribution in [0.25, 0.3) is 0 Å². The van der Waals surface area contributed by atoms with Gasteiger partial charge in [0.25, 0.3) is 5.91 Å². The number of allylic oxidation sites excluding steroid dienone is 1. The Morgan fingerprint density at radius 2 is 1.88 bits per heavy atom. The van der Waals surface area contributed by atoms with Gasteiger partial charge in [-0.15, -0.1) is 5.10 Å². The number of carbonyl (C=O) groups is 2. The summed E-state index contributed by atoms with van der Waals surface area (Å²) in [6.07, 6.45) is 11.4. The quantitative estimate of drug-likeness (QED) is 0.328. The fraction of sp³-hybridized carbons (Fsp3) is 0.438. The molecule has 0 radical (unpaired) electrons. The number of hydrogen-bond donors (Lipinski definition) is 2. The molecule has 2 atom stereocenters. The van der Waals surface area contributed by atoms with Crippen LogP contribution in [-0.2, 0) is 34.7 Å². The molecule has 0 saturated carbocycles. The van der Waals surface area contributed by atoms with Gasteiger partial charge in [0.1, 0.15) is 0 Å². The van der Waals surface area contributed by atoms with Crippen molar-refractivity contribution < 1.29 is 19.8 Å². The number of aryl methyl sites for hydroxylation is 1. The van der Waals surface area contributed by atoms with Gasteiger partial charge in [-0.1, -0.05) is 60.9 Å². The third-order valence-corrected chi connectivity index (χ3v) is 8.44. The molecule has 222 valence electrons. The number of aliphatic hydroxyl groups excluding tert-OH is 1. The van der Waals surface area contributed by atoms with Crippen LogP contribution in [0.5, 0.6) is 0 Å². The molecule has 2 aliphatic rings. The highest BCUT2D eigenvalue weighted by Crippen LogP contribution is 2.46. The zero-order chi connectivity index (χ0) is 29.7. The number of fused-ring (bicyclic) bond motifs is 1. The molecular weight excluding hydrogens is 554 g/mol. The number of nitrogens with zero attached hydrogens (tertiary/aromatic N) is 5. The van der Waals surface area contributed by atoms with E-state index in [4.69, 9.17) is 16.7 Å². The molecule has 0 aliphatic carbocycles. The minimum atomic E-state index is -1.77. The van der Waals surface area contributed by atoms with Crippen LogP contribution in [-0.4, -0.2) is 50.2 Å². The Labute approximate surface area is 251 Å². The second-order valence-electron chi connectivity index (χ2n) is 11.1. The summed E-state index contributed by atoms with van der Waals surface area (Å²) in [6, 6.07) is 13.0. The Balaban J connectivity index is 1.30. The van der Waals surface area contributed by atoms with Crippen molar-refractivity contribution in [1.82, 2.24) is 15.0 Å². The highest BCUT2D eigenvalue weighted by atomic mass is 35.5. The van der Waals surface area contributed by atoms with Crippen molar-refractivity contribution in [3.8, 4) is 0 Å². The molecule has 2 N–H and O–H groups in total. The van der Waals surface area contributed by atoms with Crippen LogP contribution in [0.3, 0.4) is 0 Å². The molecule has 2 amide bonds. The van der Waals surface area contributed by atoms with Gasteiger partial charge in [-0.25, -0.2) is 0 Å². The number of rotatable bonds is 10. The molecule has 5 rings (SSSR count). The molecule has 0 spiro atoms. The van der Waals surface area contributed by atoms with Crippen LogP contribution in [0.15, 0.2) is 60.8 Å². The van der Waals surface area contributed by atoms with Crippen LogP contribution in [0.2, 0.25) is 5.02 Å². The Morgan fingerprint density at radius 3 is 2.67 bits per heavy atom. The molecule has 3 heterocycles. The molecule has 1 aromatic heterocycles. The summed E-state index contributed by atoms with van der Waals surface area (Å²) < 4.78 is 1.71. The van der Waals surface area contributed by atoms with E-state index in [1.54, 1.807) is 34.0 Å². The van der Waals surface area contributed by atoms with E-state index < -0.39 is 17.4 Å². The van der Waals surface area contributed by atoms with E-state index in [2.05, 4.69) is 10.3 Å². The Bertz CT molecular complexity index is 1440. The molecular formula is C32H38ClN5O4. The topological polar surface area (TPSA) is 112 Å². The molecule has 0 unspecified atom stereocenters. The smallest absolute Gasteiger partial charge is 0.264 e. The zero-order valence-electron chi connectivity index (χ0n) is 24.0. The Morgan fingerprint density at radius 1 is 1.10 bits per heavy atom. The lowest BCUT2D eigenvalue weighted by Gasteiger charge is -2.28. The van der Waals surface area contributed by atoms with E-state index in [9.17, 15) is 14.7 Å². The molecule has 1 saturated heterocycles. The van der Waals surface area contributed by atoms with Gasteiger partial charge in [-0.05, 0) is 55.2 Å². The summed E-state index contributed by atoms with van der Waals surface area (Å²) >= 11 is 6.33. The van der Waals surface area contributed by atoms with Crippen molar-refractivity contribution in [2.24, 2.45) is 5.92 Å². The first kappa shape index (κ1) is 29.9. The molecule has 2 aliphatic heterocycles. The first-order valence-corrected chi connectivity index (χ1v) is 15.1. The molecule has 9 nitrogen and oxygen atoms in total. The number of halogens is 1. The fourth-order valence-electron chi connectivity index (χ4n) is 5.80. The first-order chi connectivity index (χ1) is 20.3. The summed E-state index contributed by atoms with van der Waals surface area (Å²) in [5, 5.41) is 29.5. The molecule has 0 bridgehead atoms. The maximum atomic E-state index is 13.9. The summed E-state index contributed by atoms with van der Waals surface area (Å²) in [5.41, 5.74) is 1.86. The molecule has 42 heavy (non-hydrogen) atoms. The predicted molar refractivity (Wildman–Crippen MR) is 162 cm³/mol. The lowest BCUT2D eigenvalue weighted by Crippen LogP contribution is -2.44. The standard InChI is InChI=1S/C32H38ClN5O4/c1-23(8-5-7-17-36-22-26(16-19-39)34-35-36)32(42)28-20-25(33)12-15-29(28)38(31(32)41)21-24-10-13-27(14-11-24)37-18-6-3-2-4-9-30(37)40/h5,8,10-15,20,22-23,39,42H,2-4,6-7,9,16-19,21H2,1H3/b8-5+/t23-,32+/m0/s1. The monoisotopic (exact) mass is 591 g/mol. The largest absolute Gasteiger partial charge is 0.396 e. The minimum absolute atomic E-state index is 0.0240. The second-order valence-corrected chi connectivity index (χ2v) is 11.6. The average molecular weight is 592 g/mol. The summed E-state index contributed by atoms with van der Waals surface area (Å²) in [4.78, 5) is 30.1. The molecule has 3 aromatic rings. The van der Waals surface area contributed by atoms with Gasteiger partial charge in [-0.2, -0.15) is 0 Å². The van der Waals surface area contributed by atoms with E-state index in [-0.39, 0.29) is 19.1 Å². The van der Waals surface area contributed by atoms with Crippen molar-refractivity contribution >= 4 is 34.8 Å². The third-order valence-electron chi connectivity index (χ3n) is 8.21. The first-order valence-electron chi connectivity index (χ1n) is 14.7. The minimum Gasteiger partial charge on any atom is -0.396 e. The van der Waals surface area contributed by atoms with E-state index in [1.165, 1.54) is 0 Å². The van der Waals surface area contributed by atoms with Gasteiger partial charge < -0.3 is 20.0 Å². The predicted octanol–water partition coefficient (Wildman–Crippen LogP) is 4.78. The van der Waals surface area contributed by atoms with Crippen molar-refractivity contribution in [2.75, 3.05) is 23.0 Å². The maximum absolute atomic E-state index is 13.9. The van der Waals surface area contributed by atoms with Gasteiger partial charge in [0, 0.05) is 60.9 Å². The summed E-state index contributed by atoms with van der Waals surface area (Å²) in [5.74, 6) is -0.763. The van der Waals surface area contributed by atoms with E-state index >= 15 is 0 Å². The van der Waals surface area contributed by atoms with Gasteiger partial charge in [-0.3, -0.25) is 14.3 Å². The van der Waals surface area contributed by atoms with Gasteiger partial charge >= 0.3 is 0 Å². The number of amides is 2. The van der Waals surface area contributed by atoms with Crippen LogP contribution in [0, 0.1) is 5.92 Å². The number of benzene rings is 2. The summed E-state index contributed by atoms with van der Waals surface area (Å²) in [6.45, 7) is 3.44. The number of aromatic nitrogens is 3. The van der Waals surface area contributed by atoms with Crippen LogP contribution in [0.4, 0.5) is 11.4 Å². The SMILES string of the molecule is C[C@@H](/C=C/CCn1cc(CCO)nn1)[C@]1(O)C(=O)N(Cc2ccc(N3CCCCCCC3=O)cc2)c2ccc(Cl)cc21. The van der Waals surface area contributed by atoms with Crippen LogP contribution >= 0.6 is 11.6 Å². The van der Waals surface area contributed by atoms with E-state index in [1.807, 2.05) is 48.2 Å². The van der Waals surface area contributed by atoms with Crippen molar-refractivity contribution in [2.45, 2.75) is 70.6 Å². The number of anilines is 2. The van der Waals surface area contributed by atoms with Crippen LogP contribution < -0.4 is 9.80 Å². The van der Waals surface area contributed by atoms with Gasteiger partial charge in [0.15, 0.2) is 5.60 Å². The van der Waals surface area contributed by atoms with Gasteiger partial charge in [0.05, 0.1) is 17.9 Å².